The standard InChI is InChI=1S/C18H28N8O/c1-11(2)16(19)18-20-12(3)22-26(18)10-15(27)24-7-6-14-21-17(13-4-5-13)23-25(14)9-8-24/h11,13,16H,4-10,19H2,1-3H3/t16-/m0/s1. The number of amides is 1. The Morgan fingerprint density at radius 1 is 1.19 bits per heavy atom. The van der Waals surface area contributed by atoms with E-state index in [1.807, 2.05) is 30.4 Å². The molecule has 2 aromatic rings. The molecule has 1 atom stereocenters. The second-order valence-electron chi connectivity index (χ2n) is 7.96. The van der Waals surface area contributed by atoms with Gasteiger partial charge in [-0.05, 0) is 25.7 Å². The minimum Gasteiger partial charge on any atom is -0.339 e. The molecule has 1 fully saturated rings. The molecule has 2 N–H and O–H groups in total. The van der Waals surface area contributed by atoms with Gasteiger partial charge in [0.1, 0.15) is 24.0 Å². The zero-order chi connectivity index (χ0) is 19.1. The number of carbonyl (C=O) groups is 1. The molecule has 0 aromatic carbocycles. The van der Waals surface area contributed by atoms with E-state index in [2.05, 4.69) is 20.2 Å². The van der Waals surface area contributed by atoms with Crippen molar-refractivity contribution in [1.82, 2.24) is 34.4 Å². The Kier molecular flexibility index (Phi) is 4.71. The van der Waals surface area contributed by atoms with Crippen LogP contribution in [0.15, 0.2) is 0 Å². The van der Waals surface area contributed by atoms with Gasteiger partial charge in [-0.3, -0.25) is 4.79 Å². The van der Waals surface area contributed by atoms with Crippen molar-refractivity contribution in [2.24, 2.45) is 11.7 Å². The summed E-state index contributed by atoms with van der Waals surface area (Å²) in [5.74, 6) is 4.11. The molecular weight excluding hydrogens is 344 g/mol. The number of fused-ring (bicyclic) bond motifs is 1. The second kappa shape index (κ2) is 7.03. The summed E-state index contributed by atoms with van der Waals surface area (Å²) >= 11 is 0. The predicted octanol–water partition coefficient (Wildman–Crippen LogP) is 0.796. The highest BCUT2D eigenvalue weighted by molar-refractivity contribution is 5.76. The highest BCUT2D eigenvalue weighted by atomic mass is 16.2. The maximum Gasteiger partial charge on any atom is 0.244 e. The molecule has 2 aromatic heterocycles. The number of nitrogens with zero attached hydrogens (tertiary/aromatic N) is 7. The molecule has 4 rings (SSSR count). The molecule has 27 heavy (non-hydrogen) atoms. The van der Waals surface area contributed by atoms with Gasteiger partial charge in [-0.25, -0.2) is 19.3 Å². The Hall–Kier alpha value is -2.29. The van der Waals surface area contributed by atoms with Crippen LogP contribution in [0.4, 0.5) is 0 Å². The van der Waals surface area contributed by atoms with Gasteiger partial charge in [0.05, 0.1) is 12.6 Å². The number of nitrogens with two attached hydrogens (primary N) is 1. The monoisotopic (exact) mass is 372 g/mol. The van der Waals surface area contributed by atoms with Crippen LogP contribution < -0.4 is 5.73 Å². The summed E-state index contributed by atoms with van der Waals surface area (Å²) in [6, 6.07) is -0.238. The van der Waals surface area contributed by atoms with Crippen LogP contribution >= 0.6 is 0 Å². The average molecular weight is 372 g/mol. The lowest BCUT2D eigenvalue weighted by Gasteiger charge is -2.21. The van der Waals surface area contributed by atoms with E-state index in [9.17, 15) is 4.79 Å². The lowest BCUT2D eigenvalue weighted by molar-refractivity contribution is -0.132. The summed E-state index contributed by atoms with van der Waals surface area (Å²) < 4.78 is 3.63. The van der Waals surface area contributed by atoms with E-state index in [1.54, 1.807) is 4.68 Å². The fourth-order valence-electron chi connectivity index (χ4n) is 3.44. The number of carbonyl (C=O) groups excluding carboxylic acids is 1. The van der Waals surface area contributed by atoms with Crippen molar-refractivity contribution < 1.29 is 4.79 Å². The van der Waals surface area contributed by atoms with E-state index in [0.717, 1.165) is 18.1 Å². The Morgan fingerprint density at radius 3 is 2.67 bits per heavy atom. The molecule has 1 amide bonds. The Labute approximate surface area is 159 Å². The maximum absolute atomic E-state index is 12.9. The smallest absolute Gasteiger partial charge is 0.244 e. The molecule has 0 spiro atoms. The van der Waals surface area contributed by atoms with Gasteiger partial charge in [-0.2, -0.15) is 10.2 Å². The first-order chi connectivity index (χ1) is 12.9. The fourth-order valence-corrected chi connectivity index (χ4v) is 3.44. The number of hydrogen-bond donors (Lipinski definition) is 1. The SMILES string of the molecule is Cc1nc([C@@H](N)C(C)C)n(CC(=O)N2CCc3nc(C4CC4)nn3CC2)n1. The molecule has 0 saturated heterocycles. The van der Waals surface area contributed by atoms with Crippen LogP contribution in [0, 0.1) is 12.8 Å². The highest BCUT2D eigenvalue weighted by Crippen LogP contribution is 2.38. The second-order valence-corrected chi connectivity index (χ2v) is 7.96. The van der Waals surface area contributed by atoms with Gasteiger partial charge in [0.25, 0.3) is 0 Å². The van der Waals surface area contributed by atoms with Crippen LogP contribution in [0.5, 0.6) is 0 Å². The maximum atomic E-state index is 12.9. The lowest BCUT2D eigenvalue weighted by atomic mass is 10.1. The highest BCUT2D eigenvalue weighted by Gasteiger charge is 2.30. The molecule has 0 radical (unpaired) electrons. The summed E-state index contributed by atoms with van der Waals surface area (Å²) in [5, 5.41) is 9.02. The van der Waals surface area contributed by atoms with Gasteiger partial charge in [0.15, 0.2) is 5.82 Å². The molecule has 1 aliphatic heterocycles. The van der Waals surface area contributed by atoms with E-state index in [1.165, 1.54) is 12.8 Å². The van der Waals surface area contributed by atoms with Crippen molar-refractivity contribution in [3.8, 4) is 0 Å². The van der Waals surface area contributed by atoms with Crippen molar-refractivity contribution in [2.45, 2.75) is 65.1 Å². The molecule has 2 aliphatic rings. The molecular formula is C18H28N8O. The number of rotatable bonds is 5. The van der Waals surface area contributed by atoms with Gasteiger partial charge in [-0.1, -0.05) is 13.8 Å². The van der Waals surface area contributed by atoms with Crippen LogP contribution in [0.2, 0.25) is 0 Å². The average Bonchev–Trinajstić information content (AvgIpc) is 3.35. The topological polar surface area (TPSA) is 108 Å². The zero-order valence-electron chi connectivity index (χ0n) is 16.3. The van der Waals surface area contributed by atoms with Crippen molar-refractivity contribution in [3.05, 3.63) is 23.3 Å². The summed E-state index contributed by atoms with van der Waals surface area (Å²) in [5.41, 5.74) is 6.25. The first kappa shape index (κ1) is 18.1. The minimum absolute atomic E-state index is 0.0327. The van der Waals surface area contributed by atoms with E-state index >= 15 is 0 Å². The summed E-state index contributed by atoms with van der Waals surface area (Å²) in [7, 11) is 0. The Morgan fingerprint density at radius 2 is 1.96 bits per heavy atom. The lowest BCUT2D eigenvalue weighted by Crippen LogP contribution is -2.37. The van der Waals surface area contributed by atoms with E-state index in [4.69, 9.17) is 5.73 Å². The van der Waals surface area contributed by atoms with Crippen molar-refractivity contribution in [3.63, 3.8) is 0 Å². The third-order valence-electron chi connectivity index (χ3n) is 5.35. The number of aromatic nitrogens is 6. The Balaban J connectivity index is 1.43. The van der Waals surface area contributed by atoms with Crippen LogP contribution in [0.3, 0.4) is 0 Å². The summed E-state index contributed by atoms with van der Waals surface area (Å²) in [4.78, 5) is 23.9. The van der Waals surface area contributed by atoms with Gasteiger partial charge in [0, 0.05) is 25.4 Å². The third kappa shape index (κ3) is 3.73. The number of aryl methyl sites for hydroxylation is 1. The van der Waals surface area contributed by atoms with Crippen molar-refractivity contribution in [1.29, 1.82) is 0 Å². The summed E-state index contributed by atoms with van der Waals surface area (Å²) in [6.45, 7) is 8.06. The van der Waals surface area contributed by atoms with Crippen LogP contribution in [-0.4, -0.2) is 53.4 Å². The molecule has 1 saturated carbocycles. The Bertz CT molecular complexity index is 809. The molecule has 146 valence electrons. The van der Waals surface area contributed by atoms with Gasteiger partial charge in [0.2, 0.25) is 5.91 Å². The predicted molar refractivity (Wildman–Crippen MR) is 98.8 cm³/mol. The fraction of sp³-hybridized carbons (Fsp3) is 0.722. The van der Waals surface area contributed by atoms with E-state index in [0.29, 0.717) is 37.2 Å². The van der Waals surface area contributed by atoms with Gasteiger partial charge >= 0.3 is 0 Å². The zero-order valence-corrected chi connectivity index (χ0v) is 16.3. The molecule has 9 nitrogen and oxygen atoms in total. The molecule has 1 aliphatic carbocycles. The molecule has 9 heteroatoms. The van der Waals surface area contributed by atoms with Crippen molar-refractivity contribution in [2.75, 3.05) is 13.1 Å². The normalized spacial score (nSPS) is 18.5. The van der Waals surface area contributed by atoms with Crippen LogP contribution in [-0.2, 0) is 24.3 Å². The molecule has 0 unspecified atom stereocenters. The van der Waals surface area contributed by atoms with Gasteiger partial charge in [-0.15, -0.1) is 0 Å². The quantitative estimate of drug-likeness (QED) is 0.832. The third-order valence-corrected chi connectivity index (χ3v) is 5.35. The van der Waals surface area contributed by atoms with E-state index in [-0.39, 0.29) is 24.4 Å². The first-order valence-electron chi connectivity index (χ1n) is 9.80. The van der Waals surface area contributed by atoms with Crippen LogP contribution in [0.25, 0.3) is 0 Å². The largest absolute Gasteiger partial charge is 0.339 e. The minimum atomic E-state index is -0.238. The van der Waals surface area contributed by atoms with E-state index < -0.39 is 0 Å². The van der Waals surface area contributed by atoms with Gasteiger partial charge < -0.3 is 10.6 Å². The molecule has 3 heterocycles. The summed E-state index contributed by atoms with van der Waals surface area (Å²) in [6.07, 6.45) is 3.14. The van der Waals surface area contributed by atoms with Crippen molar-refractivity contribution >= 4 is 5.91 Å². The van der Waals surface area contributed by atoms with Crippen LogP contribution in [0.1, 0.15) is 61.9 Å². The first-order valence-corrected chi connectivity index (χ1v) is 9.80. The number of hydrogen-bond acceptors (Lipinski definition) is 6. The molecule has 0 bridgehead atoms.